The van der Waals surface area contributed by atoms with E-state index in [0.717, 1.165) is 6.07 Å². The molecule has 0 saturated carbocycles. The minimum absolute atomic E-state index is 0.0150. The predicted octanol–water partition coefficient (Wildman–Crippen LogP) is 2.27. The highest BCUT2D eigenvalue weighted by Gasteiger charge is 2.12. The largest absolute Gasteiger partial charge is 0.508 e. The number of aromatic nitrogens is 1. The third-order valence-electron chi connectivity index (χ3n) is 2.74. The van der Waals surface area contributed by atoms with E-state index in [-0.39, 0.29) is 23.0 Å². The first-order valence-electron chi connectivity index (χ1n) is 5.57. The van der Waals surface area contributed by atoms with Crippen molar-refractivity contribution in [2.75, 3.05) is 0 Å². The van der Waals surface area contributed by atoms with Gasteiger partial charge in [-0.25, -0.2) is 0 Å². The molecule has 0 unspecified atom stereocenters. The summed E-state index contributed by atoms with van der Waals surface area (Å²) >= 11 is 0. The van der Waals surface area contributed by atoms with Crippen molar-refractivity contribution in [2.45, 2.75) is 0 Å². The van der Waals surface area contributed by atoms with Gasteiger partial charge in [0.15, 0.2) is 0 Å². The molecule has 1 heterocycles. The second-order valence-electron chi connectivity index (χ2n) is 4.02. The molecule has 0 amide bonds. The summed E-state index contributed by atoms with van der Waals surface area (Å²) in [6.45, 7) is 0. The highest BCUT2D eigenvalue weighted by Crippen LogP contribution is 2.31. The molecule has 5 nitrogen and oxygen atoms in total. The van der Waals surface area contributed by atoms with E-state index in [9.17, 15) is 15.0 Å². The van der Waals surface area contributed by atoms with Crippen molar-refractivity contribution in [1.82, 2.24) is 4.98 Å². The van der Waals surface area contributed by atoms with Crippen LogP contribution in [0, 0.1) is 0 Å². The number of hydrogen-bond donors (Lipinski definition) is 2. The van der Waals surface area contributed by atoms with Crippen molar-refractivity contribution in [2.24, 2.45) is 0 Å². The summed E-state index contributed by atoms with van der Waals surface area (Å²) < 4.78 is 5.50. The Hall–Kier alpha value is -2.82. The number of para-hydroxylation sites is 1. The van der Waals surface area contributed by atoms with Crippen LogP contribution in [0.25, 0.3) is 22.4 Å². The fourth-order valence-electron chi connectivity index (χ4n) is 1.83. The molecule has 0 aliphatic rings. The first kappa shape index (κ1) is 11.3. The van der Waals surface area contributed by atoms with Crippen molar-refractivity contribution in [3.05, 3.63) is 52.8 Å². The average Bonchev–Trinajstić information content (AvgIpc) is 2.38. The summed E-state index contributed by atoms with van der Waals surface area (Å²) in [6.07, 6.45) is 0. The first-order valence-corrected chi connectivity index (χ1v) is 5.57. The van der Waals surface area contributed by atoms with Crippen molar-refractivity contribution < 1.29 is 14.6 Å². The molecule has 3 aromatic rings. The van der Waals surface area contributed by atoms with Gasteiger partial charge in [0.2, 0.25) is 5.89 Å². The number of phenols is 2. The Kier molecular flexibility index (Phi) is 2.45. The third-order valence-corrected chi connectivity index (χ3v) is 2.74. The molecule has 0 saturated heterocycles. The fourth-order valence-corrected chi connectivity index (χ4v) is 1.83. The standard InChI is InChI=1S/C14H9NO4/c16-8-5-6-9(11(17)7-8)14-15-13(18)10-3-1-2-4-12(10)19-14/h1-7,16-17H. The van der Waals surface area contributed by atoms with Crippen LogP contribution in [0.15, 0.2) is 51.7 Å². The van der Waals surface area contributed by atoms with Crippen LogP contribution >= 0.6 is 0 Å². The minimum atomic E-state index is -0.427. The molecule has 94 valence electrons. The maximum absolute atomic E-state index is 11.8. The van der Waals surface area contributed by atoms with E-state index in [1.807, 2.05) is 0 Å². The van der Waals surface area contributed by atoms with Gasteiger partial charge in [-0.05, 0) is 24.3 Å². The predicted molar refractivity (Wildman–Crippen MR) is 69.0 cm³/mol. The molecule has 0 aliphatic carbocycles. The van der Waals surface area contributed by atoms with Crippen molar-refractivity contribution in [1.29, 1.82) is 0 Å². The lowest BCUT2D eigenvalue weighted by atomic mass is 10.2. The zero-order valence-corrected chi connectivity index (χ0v) is 9.70. The molecular weight excluding hydrogens is 246 g/mol. The summed E-state index contributed by atoms with van der Waals surface area (Å²) in [4.78, 5) is 15.6. The molecule has 0 atom stereocenters. The number of rotatable bonds is 1. The van der Waals surface area contributed by atoms with Crippen LogP contribution in [-0.4, -0.2) is 15.2 Å². The molecule has 5 heteroatoms. The maximum Gasteiger partial charge on any atom is 0.284 e. The van der Waals surface area contributed by atoms with Gasteiger partial charge in [-0.15, -0.1) is 0 Å². The van der Waals surface area contributed by atoms with E-state index in [1.54, 1.807) is 24.3 Å². The second-order valence-corrected chi connectivity index (χ2v) is 4.02. The van der Waals surface area contributed by atoms with E-state index in [2.05, 4.69) is 4.98 Å². The van der Waals surface area contributed by atoms with E-state index < -0.39 is 5.56 Å². The average molecular weight is 255 g/mol. The number of hydrogen-bond acceptors (Lipinski definition) is 5. The maximum atomic E-state index is 11.8. The molecule has 0 spiro atoms. The molecule has 0 radical (unpaired) electrons. The van der Waals surface area contributed by atoms with Crippen LogP contribution in [0.1, 0.15) is 0 Å². The first-order chi connectivity index (χ1) is 9.15. The lowest BCUT2D eigenvalue weighted by Gasteiger charge is -2.04. The summed E-state index contributed by atoms with van der Waals surface area (Å²) in [7, 11) is 0. The highest BCUT2D eigenvalue weighted by molar-refractivity contribution is 5.77. The molecular formula is C14H9NO4. The van der Waals surface area contributed by atoms with Crippen LogP contribution in [0.5, 0.6) is 11.5 Å². The summed E-state index contributed by atoms with van der Waals surface area (Å²) in [6, 6.07) is 10.7. The molecule has 0 bridgehead atoms. The van der Waals surface area contributed by atoms with E-state index >= 15 is 0 Å². The summed E-state index contributed by atoms with van der Waals surface area (Å²) in [5.41, 5.74) is 0.218. The smallest absolute Gasteiger partial charge is 0.284 e. The zero-order chi connectivity index (χ0) is 13.4. The summed E-state index contributed by atoms with van der Waals surface area (Å²) in [5, 5.41) is 19.4. The lowest BCUT2D eigenvalue weighted by molar-refractivity contribution is 0.450. The Labute approximate surface area is 107 Å². The van der Waals surface area contributed by atoms with Gasteiger partial charge in [0.1, 0.15) is 17.1 Å². The highest BCUT2D eigenvalue weighted by atomic mass is 16.3. The van der Waals surface area contributed by atoms with E-state index in [0.29, 0.717) is 11.0 Å². The lowest BCUT2D eigenvalue weighted by Crippen LogP contribution is -2.06. The Morgan fingerprint density at radius 1 is 1.05 bits per heavy atom. The number of phenolic OH excluding ortho intramolecular Hbond substituents is 2. The molecule has 2 N–H and O–H groups in total. The van der Waals surface area contributed by atoms with E-state index in [4.69, 9.17) is 4.42 Å². The van der Waals surface area contributed by atoms with Gasteiger partial charge in [0, 0.05) is 6.07 Å². The van der Waals surface area contributed by atoms with Gasteiger partial charge in [-0.1, -0.05) is 12.1 Å². The molecule has 3 rings (SSSR count). The number of benzene rings is 2. The van der Waals surface area contributed by atoms with Crippen LogP contribution < -0.4 is 5.56 Å². The van der Waals surface area contributed by atoms with Crippen LogP contribution in [-0.2, 0) is 0 Å². The Balaban J connectivity index is 2.28. The van der Waals surface area contributed by atoms with Crippen molar-refractivity contribution in [3.8, 4) is 23.0 Å². The number of aromatic hydroxyl groups is 2. The normalized spacial score (nSPS) is 10.7. The Morgan fingerprint density at radius 2 is 1.84 bits per heavy atom. The van der Waals surface area contributed by atoms with Crippen molar-refractivity contribution in [3.63, 3.8) is 0 Å². The second kappa shape index (κ2) is 4.13. The molecule has 19 heavy (non-hydrogen) atoms. The summed E-state index contributed by atoms with van der Waals surface area (Å²) in [5.74, 6) is -0.267. The van der Waals surface area contributed by atoms with Gasteiger partial charge >= 0.3 is 0 Å². The molecule has 0 aliphatic heterocycles. The monoisotopic (exact) mass is 255 g/mol. The number of fused-ring (bicyclic) bond motifs is 1. The van der Waals surface area contributed by atoms with Crippen LogP contribution in [0.2, 0.25) is 0 Å². The van der Waals surface area contributed by atoms with Gasteiger partial charge in [-0.2, -0.15) is 4.98 Å². The van der Waals surface area contributed by atoms with Gasteiger partial charge < -0.3 is 14.6 Å². The van der Waals surface area contributed by atoms with Crippen LogP contribution in [0.3, 0.4) is 0 Å². The SMILES string of the molecule is O=c1nc(-c2ccc(O)cc2O)oc2ccccc12. The van der Waals surface area contributed by atoms with E-state index in [1.165, 1.54) is 12.1 Å². The molecule has 1 aromatic heterocycles. The Morgan fingerprint density at radius 3 is 2.63 bits per heavy atom. The fraction of sp³-hybridized carbons (Fsp3) is 0. The van der Waals surface area contributed by atoms with Gasteiger partial charge in [0.05, 0.1) is 10.9 Å². The molecule has 0 fully saturated rings. The quantitative estimate of drug-likeness (QED) is 0.696. The van der Waals surface area contributed by atoms with Gasteiger partial charge in [0.25, 0.3) is 5.56 Å². The Bertz CT molecular complexity index is 823. The van der Waals surface area contributed by atoms with Crippen LogP contribution in [0.4, 0.5) is 0 Å². The van der Waals surface area contributed by atoms with Crippen molar-refractivity contribution >= 4 is 11.0 Å². The molecule has 2 aromatic carbocycles. The third kappa shape index (κ3) is 1.91. The minimum Gasteiger partial charge on any atom is -0.508 e. The topological polar surface area (TPSA) is 83.6 Å². The zero-order valence-electron chi connectivity index (χ0n) is 9.70. The van der Waals surface area contributed by atoms with Gasteiger partial charge in [-0.3, -0.25) is 4.79 Å². The number of nitrogens with zero attached hydrogens (tertiary/aromatic N) is 1.